The number of fused-ring (bicyclic) bond motifs is 1. The van der Waals surface area contributed by atoms with Crippen LogP contribution in [0.5, 0.6) is 0 Å². The van der Waals surface area contributed by atoms with Crippen molar-refractivity contribution in [2.45, 2.75) is 25.8 Å². The maximum atomic E-state index is 13.2. The molecule has 2 aliphatic heterocycles. The van der Waals surface area contributed by atoms with E-state index in [-0.39, 0.29) is 23.1 Å². The topological polar surface area (TPSA) is 67.6 Å². The van der Waals surface area contributed by atoms with Crippen LogP contribution >= 0.6 is 0 Å². The largest absolute Gasteiger partial charge is 0.357 e. The third kappa shape index (κ3) is 3.25. The Morgan fingerprint density at radius 1 is 1.04 bits per heavy atom. The molecule has 1 unspecified atom stereocenters. The average molecular weight is 382 g/mol. The molecule has 2 aromatic rings. The van der Waals surface area contributed by atoms with E-state index in [9.17, 15) is 14.4 Å². The lowest BCUT2D eigenvalue weighted by Gasteiger charge is -2.38. The number of carbonyl (C=O) groups is 1. The number of carbonyl (C=O) groups excluding carboxylic acids is 1. The number of amides is 1. The number of hydrogen-bond acceptors (Lipinski definition) is 4. The number of benzene rings is 1. The highest BCUT2D eigenvalue weighted by atomic mass is 16.2. The van der Waals surface area contributed by atoms with Gasteiger partial charge in [-0.25, -0.2) is 4.79 Å². The predicted octanol–water partition coefficient (Wildman–Crippen LogP) is 0.885. The summed E-state index contributed by atoms with van der Waals surface area (Å²) in [6.07, 6.45) is 2.60. The van der Waals surface area contributed by atoms with Gasteiger partial charge in [-0.2, -0.15) is 0 Å². The van der Waals surface area contributed by atoms with Crippen molar-refractivity contribution in [3.8, 4) is 0 Å². The van der Waals surface area contributed by atoms with E-state index in [1.165, 1.54) is 28.8 Å². The summed E-state index contributed by atoms with van der Waals surface area (Å²) >= 11 is 0. The molecule has 1 fully saturated rings. The molecule has 0 saturated carbocycles. The second-order valence-electron chi connectivity index (χ2n) is 7.81. The van der Waals surface area contributed by atoms with Crippen molar-refractivity contribution in [3.05, 3.63) is 62.3 Å². The molecule has 7 heteroatoms. The standard InChI is InChI=1S/C21H26N4O3/c1-22-18(12-19(26)23(2)21(22)28)24-10-5-8-17(14-24)20(27)25-11-9-15-6-3-4-7-16(15)13-25/h3-4,6-7,12,17H,5,8-11,13-14H2,1-2H3. The minimum atomic E-state index is -0.344. The van der Waals surface area contributed by atoms with Gasteiger partial charge in [0.05, 0.1) is 5.92 Å². The summed E-state index contributed by atoms with van der Waals surface area (Å²) < 4.78 is 2.59. The Balaban J connectivity index is 1.53. The van der Waals surface area contributed by atoms with E-state index in [4.69, 9.17) is 0 Å². The van der Waals surface area contributed by atoms with Crippen LogP contribution in [0.25, 0.3) is 0 Å². The molecule has 1 aromatic carbocycles. The van der Waals surface area contributed by atoms with Crippen LogP contribution in [0, 0.1) is 5.92 Å². The smallest absolute Gasteiger partial charge is 0.332 e. The third-order valence-electron chi connectivity index (χ3n) is 6.04. The average Bonchev–Trinajstić information content (AvgIpc) is 2.74. The first-order valence-corrected chi connectivity index (χ1v) is 9.83. The number of nitrogens with zero attached hydrogens (tertiary/aromatic N) is 4. The molecule has 0 bridgehead atoms. The van der Waals surface area contributed by atoms with Crippen LogP contribution in [0.1, 0.15) is 24.0 Å². The molecule has 0 radical (unpaired) electrons. The molecule has 2 aliphatic rings. The first kappa shape index (κ1) is 18.5. The number of rotatable bonds is 2. The van der Waals surface area contributed by atoms with Crippen LogP contribution in [0.3, 0.4) is 0 Å². The van der Waals surface area contributed by atoms with E-state index < -0.39 is 0 Å². The monoisotopic (exact) mass is 382 g/mol. The van der Waals surface area contributed by atoms with Crippen LogP contribution in [0.2, 0.25) is 0 Å². The maximum Gasteiger partial charge on any atom is 0.332 e. The second kappa shape index (κ2) is 7.30. The summed E-state index contributed by atoms with van der Waals surface area (Å²) in [7, 11) is 3.15. The fourth-order valence-electron chi connectivity index (χ4n) is 4.35. The fourth-order valence-corrected chi connectivity index (χ4v) is 4.35. The van der Waals surface area contributed by atoms with Crippen LogP contribution in [0.4, 0.5) is 5.82 Å². The Labute approximate surface area is 163 Å². The lowest BCUT2D eigenvalue weighted by Crippen LogP contribution is -2.48. The van der Waals surface area contributed by atoms with E-state index in [1.807, 2.05) is 21.9 Å². The molecule has 1 aromatic heterocycles. The molecule has 148 valence electrons. The number of piperidine rings is 1. The summed E-state index contributed by atoms with van der Waals surface area (Å²) in [5.41, 5.74) is 1.89. The molecule has 1 amide bonds. The third-order valence-corrected chi connectivity index (χ3v) is 6.04. The van der Waals surface area contributed by atoms with Gasteiger partial charge in [-0.05, 0) is 30.4 Å². The van der Waals surface area contributed by atoms with Crippen LogP contribution in [-0.2, 0) is 31.9 Å². The van der Waals surface area contributed by atoms with Gasteiger partial charge in [0.1, 0.15) is 5.82 Å². The lowest BCUT2D eigenvalue weighted by atomic mass is 9.94. The quantitative estimate of drug-likeness (QED) is 0.774. The number of hydrogen-bond donors (Lipinski definition) is 0. The maximum absolute atomic E-state index is 13.2. The summed E-state index contributed by atoms with van der Waals surface area (Å²) in [5, 5.41) is 0. The van der Waals surface area contributed by atoms with Crippen molar-refractivity contribution in [1.82, 2.24) is 14.0 Å². The van der Waals surface area contributed by atoms with Gasteiger partial charge in [0.2, 0.25) is 5.91 Å². The highest BCUT2D eigenvalue weighted by Crippen LogP contribution is 2.26. The minimum absolute atomic E-state index is 0.113. The Morgan fingerprint density at radius 2 is 1.79 bits per heavy atom. The molecule has 4 rings (SSSR count). The zero-order valence-corrected chi connectivity index (χ0v) is 16.4. The van der Waals surface area contributed by atoms with Crippen molar-refractivity contribution >= 4 is 11.7 Å². The van der Waals surface area contributed by atoms with Crippen molar-refractivity contribution in [3.63, 3.8) is 0 Å². The van der Waals surface area contributed by atoms with Crippen molar-refractivity contribution in [1.29, 1.82) is 0 Å². The predicted molar refractivity (Wildman–Crippen MR) is 107 cm³/mol. The Morgan fingerprint density at radius 3 is 2.57 bits per heavy atom. The molecule has 0 spiro atoms. The number of anilines is 1. The van der Waals surface area contributed by atoms with Gasteiger partial charge < -0.3 is 9.80 Å². The Hall–Kier alpha value is -2.83. The fraction of sp³-hybridized carbons (Fsp3) is 0.476. The number of aromatic nitrogens is 2. The van der Waals surface area contributed by atoms with Gasteiger partial charge in [-0.3, -0.25) is 18.7 Å². The molecule has 0 N–H and O–H groups in total. The lowest BCUT2D eigenvalue weighted by molar-refractivity contribution is -0.136. The zero-order chi connectivity index (χ0) is 19.8. The van der Waals surface area contributed by atoms with Crippen LogP contribution in [0.15, 0.2) is 39.9 Å². The Bertz CT molecular complexity index is 1020. The molecule has 1 atom stereocenters. The highest BCUT2D eigenvalue weighted by molar-refractivity contribution is 5.80. The van der Waals surface area contributed by atoms with Crippen molar-refractivity contribution < 1.29 is 4.79 Å². The van der Waals surface area contributed by atoms with E-state index >= 15 is 0 Å². The van der Waals surface area contributed by atoms with Gasteiger partial charge in [-0.1, -0.05) is 24.3 Å². The van der Waals surface area contributed by atoms with Crippen molar-refractivity contribution in [2.75, 3.05) is 24.5 Å². The normalized spacial score (nSPS) is 19.4. The van der Waals surface area contributed by atoms with Gasteiger partial charge in [0, 0.05) is 46.3 Å². The van der Waals surface area contributed by atoms with Gasteiger partial charge in [0.15, 0.2) is 0 Å². The molecule has 1 saturated heterocycles. The van der Waals surface area contributed by atoms with Crippen molar-refractivity contribution in [2.24, 2.45) is 20.0 Å². The molecule has 3 heterocycles. The first-order valence-electron chi connectivity index (χ1n) is 9.83. The second-order valence-corrected chi connectivity index (χ2v) is 7.81. The minimum Gasteiger partial charge on any atom is -0.357 e. The summed E-state index contributed by atoms with van der Waals surface area (Å²) in [4.78, 5) is 41.5. The van der Waals surface area contributed by atoms with E-state index in [2.05, 4.69) is 12.1 Å². The zero-order valence-electron chi connectivity index (χ0n) is 16.4. The molecular weight excluding hydrogens is 356 g/mol. The summed E-state index contributed by atoms with van der Waals surface area (Å²) in [6, 6.07) is 9.79. The molecule has 7 nitrogen and oxygen atoms in total. The summed E-state index contributed by atoms with van der Waals surface area (Å²) in [6.45, 7) is 2.69. The van der Waals surface area contributed by atoms with E-state index in [1.54, 1.807) is 7.05 Å². The van der Waals surface area contributed by atoms with E-state index in [0.717, 1.165) is 36.9 Å². The Kier molecular flexibility index (Phi) is 4.83. The van der Waals surface area contributed by atoms with E-state index in [0.29, 0.717) is 18.9 Å². The summed E-state index contributed by atoms with van der Waals surface area (Å²) in [5.74, 6) is 0.654. The van der Waals surface area contributed by atoms with Crippen LogP contribution in [-0.4, -0.2) is 39.6 Å². The van der Waals surface area contributed by atoms with Gasteiger partial charge in [0.25, 0.3) is 5.56 Å². The molecular formula is C21H26N4O3. The SMILES string of the molecule is Cn1c(N2CCCC(C(=O)N3CCc4ccccc4C3)C2)cc(=O)n(C)c1=O. The van der Waals surface area contributed by atoms with Gasteiger partial charge >= 0.3 is 5.69 Å². The molecule has 0 aliphatic carbocycles. The highest BCUT2D eigenvalue weighted by Gasteiger charge is 2.31. The first-order chi connectivity index (χ1) is 13.5. The van der Waals surface area contributed by atoms with Crippen LogP contribution < -0.4 is 16.1 Å². The van der Waals surface area contributed by atoms with Gasteiger partial charge in [-0.15, -0.1) is 0 Å². The molecule has 28 heavy (non-hydrogen) atoms.